The van der Waals surface area contributed by atoms with Gasteiger partial charge in [0.15, 0.2) is 0 Å². The molecule has 4 fully saturated rings. The molecule has 10 heteroatoms. The van der Waals surface area contributed by atoms with Crippen LogP contribution in [-0.4, -0.2) is 53.7 Å². The third-order valence-electron chi connectivity index (χ3n) is 7.78. The van der Waals surface area contributed by atoms with Crippen LogP contribution in [0.3, 0.4) is 0 Å². The fourth-order valence-electron chi connectivity index (χ4n) is 5.07. The van der Waals surface area contributed by atoms with Crippen LogP contribution in [0, 0.1) is 18.3 Å². The highest BCUT2D eigenvalue weighted by Gasteiger charge is 2.46. The molecule has 0 radical (unpaired) electrons. The molecule has 2 N–H and O–H groups in total. The number of alkyl halides is 2. The first-order valence-corrected chi connectivity index (χ1v) is 13.8. The number of hydrogen-bond donors (Lipinski definition) is 2. The van der Waals surface area contributed by atoms with Gasteiger partial charge in [0, 0.05) is 36.3 Å². The van der Waals surface area contributed by atoms with Crippen molar-refractivity contribution in [2.24, 2.45) is 11.3 Å². The molecule has 2 aliphatic carbocycles. The van der Waals surface area contributed by atoms with Gasteiger partial charge < -0.3 is 19.8 Å². The van der Waals surface area contributed by atoms with Crippen LogP contribution in [0.4, 0.5) is 31.9 Å². The molecule has 0 atom stereocenters. The maximum atomic E-state index is 13.5. The van der Waals surface area contributed by atoms with Crippen LogP contribution in [0.15, 0.2) is 24.3 Å². The number of halogens is 2. The molecule has 1 aromatic heterocycles. The lowest BCUT2D eigenvalue weighted by molar-refractivity contribution is -0.0271. The smallest absolute Gasteiger partial charge is 0.282 e. The summed E-state index contributed by atoms with van der Waals surface area (Å²) in [5, 5.41) is 2.90. The van der Waals surface area contributed by atoms with Crippen LogP contribution in [0.1, 0.15) is 54.6 Å². The van der Waals surface area contributed by atoms with Gasteiger partial charge in [-0.05, 0) is 75.0 Å². The number of aryl methyl sites for hydroxylation is 1. The Morgan fingerprint density at radius 1 is 1.08 bits per heavy atom. The molecule has 36 heavy (non-hydrogen) atoms. The molecule has 1 amide bonds. The van der Waals surface area contributed by atoms with E-state index in [-0.39, 0.29) is 11.9 Å². The van der Waals surface area contributed by atoms with Crippen LogP contribution < -0.4 is 19.8 Å². The third kappa shape index (κ3) is 5.23. The fraction of sp³-hybridized carbons (Fsp3) is 0.577. The fourth-order valence-corrected chi connectivity index (χ4v) is 6.02. The van der Waals surface area contributed by atoms with E-state index in [2.05, 4.69) is 31.0 Å². The van der Waals surface area contributed by atoms with E-state index in [9.17, 15) is 13.6 Å². The number of nitrogens with one attached hydrogen (secondary N) is 2. The van der Waals surface area contributed by atoms with Gasteiger partial charge in [-0.1, -0.05) is 11.9 Å². The molecular weight excluding hydrogens is 482 g/mol. The van der Waals surface area contributed by atoms with Crippen LogP contribution in [-0.2, 0) is 0 Å². The van der Waals surface area contributed by atoms with Gasteiger partial charge in [0.1, 0.15) is 5.82 Å². The summed E-state index contributed by atoms with van der Waals surface area (Å²) in [6.45, 7) is 2.85. The topological polar surface area (TPSA) is 73.4 Å². The largest absolute Gasteiger partial charge is 0.371 e. The van der Waals surface area contributed by atoms with Gasteiger partial charge in [-0.25, -0.2) is 13.8 Å². The van der Waals surface area contributed by atoms with Gasteiger partial charge in [0.2, 0.25) is 5.95 Å². The zero-order valence-corrected chi connectivity index (χ0v) is 21.3. The van der Waals surface area contributed by atoms with E-state index in [0.29, 0.717) is 22.5 Å². The van der Waals surface area contributed by atoms with Crippen molar-refractivity contribution >= 4 is 41.0 Å². The molecule has 2 saturated heterocycles. The molecule has 7 nitrogen and oxygen atoms in total. The minimum absolute atomic E-state index is 0.217. The van der Waals surface area contributed by atoms with E-state index in [1.54, 1.807) is 24.9 Å². The molecule has 2 aliphatic heterocycles. The van der Waals surface area contributed by atoms with E-state index < -0.39 is 19.0 Å². The zero-order valence-electron chi connectivity index (χ0n) is 20.5. The Bertz CT molecular complexity index is 1150. The van der Waals surface area contributed by atoms with E-state index in [0.717, 1.165) is 49.0 Å². The van der Waals surface area contributed by atoms with Gasteiger partial charge in [0.25, 0.3) is 11.8 Å². The van der Waals surface area contributed by atoms with Crippen molar-refractivity contribution in [3.63, 3.8) is 0 Å². The number of anilines is 4. The second-order valence-electron chi connectivity index (χ2n) is 10.9. The molecule has 2 saturated carbocycles. The summed E-state index contributed by atoms with van der Waals surface area (Å²) in [4.78, 5) is 25.9. The van der Waals surface area contributed by atoms with Crippen LogP contribution in [0.5, 0.6) is 0 Å². The molecule has 4 aliphatic rings. The summed E-state index contributed by atoms with van der Waals surface area (Å²) in [5.41, 5.74) is 3.67. The Morgan fingerprint density at radius 2 is 1.83 bits per heavy atom. The molecule has 192 valence electrons. The minimum Gasteiger partial charge on any atom is -0.371 e. The van der Waals surface area contributed by atoms with Crippen LogP contribution in [0.2, 0.25) is 0 Å². The predicted octanol–water partition coefficient (Wildman–Crippen LogP) is 5.34. The number of benzene rings is 1. The van der Waals surface area contributed by atoms with Gasteiger partial charge in [-0.3, -0.25) is 4.79 Å². The average Bonchev–Trinajstić information content (AvgIpc) is 3.76. The third-order valence-corrected chi connectivity index (χ3v) is 8.80. The molecule has 1 spiro atoms. The van der Waals surface area contributed by atoms with Crippen molar-refractivity contribution in [1.29, 1.82) is 0 Å². The normalized spacial score (nSPS) is 21.8. The first kappa shape index (κ1) is 23.8. The first-order chi connectivity index (χ1) is 17.3. The summed E-state index contributed by atoms with van der Waals surface area (Å²) >= 11 is 1.73. The SMILES string of the molecule is Cc1cc(NC(=O)c2ccc(NSCC3CC3)cc2N2CCC3(CC2)CC3)nc(N2CC(F)(F)C2)n1. The number of hydrogen-bond acceptors (Lipinski definition) is 7. The summed E-state index contributed by atoms with van der Waals surface area (Å²) in [7, 11) is 0. The number of piperidine rings is 1. The highest BCUT2D eigenvalue weighted by atomic mass is 32.2. The number of amides is 1. The second-order valence-corrected chi connectivity index (χ2v) is 11.8. The first-order valence-electron chi connectivity index (χ1n) is 12.8. The molecule has 0 bridgehead atoms. The molecule has 1 aromatic carbocycles. The molecule has 2 aromatic rings. The monoisotopic (exact) mass is 514 g/mol. The molecule has 0 unspecified atom stereocenters. The highest BCUT2D eigenvalue weighted by Crippen LogP contribution is 2.54. The van der Waals surface area contributed by atoms with Crippen LogP contribution in [0.25, 0.3) is 0 Å². The van der Waals surface area contributed by atoms with Gasteiger partial charge in [-0.2, -0.15) is 4.98 Å². The number of carbonyl (C=O) groups excluding carboxylic acids is 1. The Kier molecular flexibility index (Phi) is 5.97. The number of rotatable bonds is 8. The van der Waals surface area contributed by atoms with Crippen molar-refractivity contribution in [2.45, 2.75) is 51.4 Å². The Hall–Kier alpha value is -2.62. The lowest BCUT2D eigenvalue weighted by atomic mass is 9.93. The van der Waals surface area contributed by atoms with E-state index in [1.165, 1.54) is 30.6 Å². The van der Waals surface area contributed by atoms with E-state index >= 15 is 0 Å². The van der Waals surface area contributed by atoms with Gasteiger partial charge in [0.05, 0.1) is 24.3 Å². The average molecular weight is 515 g/mol. The Morgan fingerprint density at radius 3 is 2.50 bits per heavy atom. The van der Waals surface area contributed by atoms with Gasteiger partial charge >= 0.3 is 0 Å². The lowest BCUT2D eigenvalue weighted by Gasteiger charge is -2.38. The van der Waals surface area contributed by atoms with Crippen molar-refractivity contribution in [3.05, 3.63) is 35.5 Å². The molecule has 3 heterocycles. The summed E-state index contributed by atoms with van der Waals surface area (Å²) in [5.74, 6) is -0.511. The van der Waals surface area contributed by atoms with Crippen molar-refractivity contribution < 1.29 is 13.6 Å². The molecule has 6 rings (SSSR count). The van der Waals surface area contributed by atoms with Gasteiger partial charge in [-0.15, -0.1) is 0 Å². The van der Waals surface area contributed by atoms with Crippen molar-refractivity contribution in [1.82, 2.24) is 9.97 Å². The van der Waals surface area contributed by atoms with E-state index in [1.807, 2.05) is 12.1 Å². The summed E-state index contributed by atoms with van der Waals surface area (Å²) in [6, 6.07) is 7.57. The lowest BCUT2D eigenvalue weighted by Crippen LogP contribution is -2.57. The maximum Gasteiger partial charge on any atom is 0.282 e. The Labute approximate surface area is 214 Å². The van der Waals surface area contributed by atoms with Crippen molar-refractivity contribution in [2.75, 3.05) is 51.8 Å². The quantitative estimate of drug-likeness (QED) is 0.461. The summed E-state index contributed by atoms with van der Waals surface area (Å²) in [6.07, 6.45) is 7.62. The summed E-state index contributed by atoms with van der Waals surface area (Å²) < 4.78 is 30.2. The number of aromatic nitrogens is 2. The standard InChI is InChI=1S/C26H32F2N6OS/c1-17-12-22(31-24(29-17)34-15-26(27,28)16-34)30-23(35)20-5-4-19(32-36-14-18-2-3-18)13-21(20)33-10-8-25(6-7-25)9-11-33/h4-5,12-13,18,32H,2-3,6-11,14-16H2,1H3,(H,29,30,31,35). The maximum absolute atomic E-state index is 13.5. The zero-order chi connectivity index (χ0) is 24.9. The predicted molar refractivity (Wildman–Crippen MR) is 140 cm³/mol. The van der Waals surface area contributed by atoms with E-state index in [4.69, 9.17) is 0 Å². The number of nitrogens with zero attached hydrogens (tertiary/aromatic N) is 4. The second kappa shape index (κ2) is 9.04. The minimum atomic E-state index is -2.72. The highest BCUT2D eigenvalue weighted by molar-refractivity contribution is 8.00. The Balaban J connectivity index is 1.21. The molecular formula is C26H32F2N6OS. The van der Waals surface area contributed by atoms with Crippen molar-refractivity contribution in [3.8, 4) is 0 Å². The van der Waals surface area contributed by atoms with Crippen LogP contribution >= 0.6 is 11.9 Å². The number of carbonyl (C=O) groups is 1.